The summed E-state index contributed by atoms with van der Waals surface area (Å²) < 4.78 is 6.15. The van der Waals surface area contributed by atoms with Gasteiger partial charge in [-0.25, -0.2) is 0 Å². The largest absolute Gasteiger partial charge is 0.507 e. The number of phenols is 1. The number of allylic oxidation sites excluding steroid dienone is 3. The van der Waals surface area contributed by atoms with Crippen LogP contribution in [0.2, 0.25) is 0 Å². The molecular formula is C22H30O2. The lowest BCUT2D eigenvalue weighted by atomic mass is 9.54. The zero-order chi connectivity index (χ0) is 17.5. The van der Waals surface area contributed by atoms with Crippen LogP contribution in [-0.4, -0.2) is 5.11 Å². The smallest absolute Gasteiger partial charge is 0.135 e. The third-order valence-electron chi connectivity index (χ3n) is 6.28. The highest BCUT2D eigenvalue weighted by Crippen LogP contribution is 2.61. The molecule has 24 heavy (non-hydrogen) atoms. The fraction of sp³-hybridized carbons (Fsp3) is 0.545. The Kier molecular flexibility index (Phi) is 4.27. The Hall–Kier alpha value is -1.70. The third-order valence-corrected chi connectivity index (χ3v) is 6.28. The molecule has 1 heterocycles. The first-order valence-corrected chi connectivity index (χ1v) is 9.24. The van der Waals surface area contributed by atoms with Crippen LogP contribution in [0, 0.1) is 5.41 Å². The van der Waals surface area contributed by atoms with Gasteiger partial charge in [0.15, 0.2) is 0 Å². The molecule has 0 fully saturated rings. The zero-order valence-electron chi connectivity index (χ0n) is 15.5. The van der Waals surface area contributed by atoms with Crippen LogP contribution in [0.4, 0.5) is 0 Å². The summed E-state index contributed by atoms with van der Waals surface area (Å²) in [6.45, 7) is 13.1. The second-order valence-corrected chi connectivity index (χ2v) is 8.00. The lowest BCUT2D eigenvalue weighted by Gasteiger charge is -2.52. The van der Waals surface area contributed by atoms with Gasteiger partial charge in [-0.3, -0.25) is 0 Å². The second-order valence-electron chi connectivity index (χ2n) is 8.00. The summed E-state index contributed by atoms with van der Waals surface area (Å²) in [5.41, 5.74) is 3.00. The predicted molar refractivity (Wildman–Crippen MR) is 99.6 cm³/mol. The zero-order valence-corrected chi connectivity index (χ0v) is 15.5. The monoisotopic (exact) mass is 326 g/mol. The second kappa shape index (κ2) is 5.98. The van der Waals surface area contributed by atoms with Gasteiger partial charge in [0, 0.05) is 16.4 Å². The van der Waals surface area contributed by atoms with Crippen LogP contribution in [0.3, 0.4) is 0 Å². The molecule has 130 valence electrons. The molecule has 1 aliphatic carbocycles. The van der Waals surface area contributed by atoms with E-state index in [0.29, 0.717) is 5.75 Å². The molecule has 1 aromatic carbocycles. The summed E-state index contributed by atoms with van der Waals surface area (Å²) in [7, 11) is 0. The van der Waals surface area contributed by atoms with E-state index >= 15 is 0 Å². The predicted octanol–water partition coefficient (Wildman–Crippen LogP) is 6.04. The van der Waals surface area contributed by atoms with Crippen LogP contribution in [0.1, 0.15) is 70.9 Å². The van der Waals surface area contributed by atoms with Gasteiger partial charge in [0.1, 0.15) is 17.3 Å². The van der Waals surface area contributed by atoms with Gasteiger partial charge in [0.2, 0.25) is 0 Å². The van der Waals surface area contributed by atoms with Crippen LogP contribution in [0.5, 0.6) is 11.5 Å². The number of fused-ring (bicyclic) bond motifs is 3. The van der Waals surface area contributed by atoms with Crippen LogP contribution in [-0.2, 0) is 11.8 Å². The molecule has 2 heteroatoms. The summed E-state index contributed by atoms with van der Waals surface area (Å²) >= 11 is 0. The summed E-state index contributed by atoms with van der Waals surface area (Å²) in [6.07, 6.45) is 8.91. The lowest BCUT2D eigenvalue weighted by Crippen LogP contribution is -2.47. The normalized spacial score (nSPS) is 28.7. The number of benzene rings is 1. The molecule has 0 saturated heterocycles. The molecule has 0 spiro atoms. The van der Waals surface area contributed by atoms with Gasteiger partial charge in [-0.05, 0) is 50.3 Å². The molecular weight excluding hydrogens is 296 g/mol. The van der Waals surface area contributed by atoms with Gasteiger partial charge in [-0.2, -0.15) is 0 Å². The highest BCUT2D eigenvalue weighted by Gasteiger charge is 2.54. The van der Waals surface area contributed by atoms with E-state index in [1.165, 1.54) is 18.4 Å². The first-order chi connectivity index (χ1) is 11.3. The average Bonchev–Trinajstić information content (AvgIpc) is 2.50. The summed E-state index contributed by atoms with van der Waals surface area (Å²) in [6, 6.07) is 4.05. The molecule has 2 atom stereocenters. The minimum Gasteiger partial charge on any atom is -0.507 e. The van der Waals surface area contributed by atoms with Crippen LogP contribution < -0.4 is 4.74 Å². The molecule has 0 unspecified atom stereocenters. The molecule has 2 aliphatic rings. The number of hydrogen-bond donors (Lipinski definition) is 1. The van der Waals surface area contributed by atoms with E-state index in [2.05, 4.69) is 46.4 Å². The van der Waals surface area contributed by atoms with E-state index in [1.54, 1.807) is 0 Å². The van der Waals surface area contributed by atoms with E-state index in [0.717, 1.165) is 48.3 Å². The Balaban J connectivity index is 2.10. The average molecular weight is 326 g/mol. The molecule has 2 nitrogen and oxygen atoms in total. The number of unbranched alkanes of at least 4 members (excludes halogenated alkanes) is 2. The van der Waals surface area contributed by atoms with Crippen LogP contribution in [0.25, 0.3) is 0 Å². The molecule has 3 rings (SSSR count). The Morgan fingerprint density at radius 1 is 1.25 bits per heavy atom. The van der Waals surface area contributed by atoms with Gasteiger partial charge in [0.05, 0.1) is 0 Å². The first-order valence-electron chi connectivity index (χ1n) is 9.24. The van der Waals surface area contributed by atoms with Crippen molar-refractivity contribution in [3.63, 3.8) is 0 Å². The van der Waals surface area contributed by atoms with Crippen LogP contribution >= 0.6 is 0 Å². The molecule has 1 N–H and O–H groups in total. The minimum atomic E-state index is -0.272. The minimum absolute atomic E-state index is 0.180. The van der Waals surface area contributed by atoms with Crippen molar-refractivity contribution in [2.24, 2.45) is 5.41 Å². The summed E-state index contributed by atoms with van der Waals surface area (Å²) in [5, 5.41) is 10.8. The number of ether oxygens (including phenoxy) is 1. The Bertz CT molecular complexity index is 700. The standard InChI is InChI=1S/C22H30O2/c1-6-7-8-9-17-12-18(23)20-19(13-17)24-16(3)21(4)11-10-15(2)14-22(20,21)5/h12-14,23H,3,6-11H2,1-2,4-5H3/t21-,22-/m0/s1. The number of aryl methyl sites for hydroxylation is 1. The first kappa shape index (κ1) is 17.1. The van der Waals surface area contributed by atoms with Crippen molar-refractivity contribution in [2.45, 2.75) is 71.6 Å². The van der Waals surface area contributed by atoms with E-state index < -0.39 is 0 Å². The lowest BCUT2D eigenvalue weighted by molar-refractivity contribution is 0.120. The van der Waals surface area contributed by atoms with Gasteiger partial charge in [-0.1, -0.05) is 51.8 Å². The van der Waals surface area contributed by atoms with Gasteiger partial charge in [-0.15, -0.1) is 0 Å². The van der Waals surface area contributed by atoms with Crippen molar-refractivity contribution < 1.29 is 9.84 Å². The van der Waals surface area contributed by atoms with Crippen molar-refractivity contribution in [3.8, 4) is 11.5 Å². The molecule has 0 aromatic heterocycles. The Morgan fingerprint density at radius 2 is 2.00 bits per heavy atom. The van der Waals surface area contributed by atoms with E-state index in [4.69, 9.17) is 4.74 Å². The van der Waals surface area contributed by atoms with E-state index in [1.807, 2.05) is 6.07 Å². The van der Waals surface area contributed by atoms with Crippen molar-refractivity contribution >= 4 is 0 Å². The SMILES string of the molecule is C=C1Oc2cc(CCCCC)cc(O)c2[C@]2(C)C=C(C)CC[C@@]12C. The topological polar surface area (TPSA) is 29.5 Å². The highest BCUT2D eigenvalue weighted by molar-refractivity contribution is 5.59. The molecule has 0 saturated carbocycles. The summed E-state index contributed by atoms with van der Waals surface area (Å²) in [4.78, 5) is 0. The molecule has 1 aliphatic heterocycles. The van der Waals surface area contributed by atoms with E-state index in [9.17, 15) is 5.11 Å². The molecule has 0 radical (unpaired) electrons. The molecule has 0 amide bonds. The van der Waals surface area contributed by atoms with Gasteiger partial charge in [0.25, 0.3) is 0 Å². The maximum atomic E-state index is 10.8. The highest BCUT2D eigenvalue weighted by atomic mass is 16.5. The van der Waals surface area contributed by atoms with Gasteiger partial charge < -0.3 is 9.84 Å². The van der Waals surface area contributed by atoms with Crippen molar-refractivity contribution in [1.82, 2.24) is 0 Å². The van der Waals surface area contributed by atoms with Crippen molar-refractivity contribution in [3.05, 3.63) is 47.2 Å². The maximum Gasteiger partial charge on any atom is 0.135 e. The Labute approximate surface area is 146 Å². The van der Waals surface area contributed by atoms with Crippen molar-refractivity contribution in [2.75, 3.05) is 0 Å². The third kappa shape index (κ3) is 2.47. The number of hydrogen-bond acceptors (Lipinski definition) is 2. The maximum absolute atomic E-state index is 10.8. The number of phenolic OH excluding ortho intramolecular Hbond substituents is 1. The van der Waals surface area contributed by atoms with Crippen LogP contribution in [0.15, 0.2) is 36.1 Å². The van der Waals surface area contributed by atoms with Crippen molar-refractivity contribution in [1.29, 1.82) is 0 Å². The molecule has 1 aromatic rings. The summed E-state index contributed by atoms with van der Waals surface area (Å²) in [5.74, 6) is 1.98. The number of aromatic hydroxyl groups is 1. The quantitative estimate of drug-likeness (QED) is 0.540. The van der Waals surface area contributed by atoms with E-state index in [-0.39, 0.29) is 10.8 Å². The fourth-order valence-electron chi connectivity index (χ4n) is 4.44. The number of rotatable bonds is 4. The van der Waals surface area contributed by atoms with Gasteiger partial charge >= 0.3 is 0 Å². The Morgan fingerprint density at radius 3 is 2.71 bits per heavy atom. The fourth-order valence-corrected chi connectivity index (χ4v) is 4.44. The molecule has 0 bridgehead atoms.